The second kappa shape index (κ2) is 6.93. The molecule has 0 bridgehead atoms. The van der Waals surface area contributed by atoms with E-state index in [9.17, 15) is 4.79 Å². The molecule has 94 valence electrons. The van der Waals surface area contributed by atoms with Crippen molar-refractivity contribution in [2.24, 2.45) is 0 Å². The van der Waals surface area contributed by atoms with Crippen molar-refractivity contribution in [3.8, 4) is 0 Å². The number of halogens is 2. The van der Waals surface area contributed by atoms with Crippen molar-refractivity contribution in [3.63, 3.8) is 0 Å². The summed E-state index contributed by atoms with van der Waals surface area (Å²) >= 11 is 6.77. The van der Waals surface area contributed by atoms with Crippen molar-refractivity contribution in [1.29, 1.82) is 0 Å². The molecular weight excluding hydrogens is 344 g/mol. The van der Waals surface area contributed by atoms with Gasteiger partial charge in [0.2, 0.25) is 0 Å². The van der Waals surface area contributed by atoms with Crippen LogP contribution in [0.1, 0.15) is 26.7 Å². The molecule has 0 aromatic heterocycles. The monoisotopic (exact) mass is 358 g/mol. The van der Waals surface area contributed by atoms with Crippen molar-refractivity contribution in [1.82, 2.24) is 0 Å². The highest BCUT2D eigenvalue weighted by Crippen LogP contribution is 2.27. The first kappa shape index (κ1) is 14.4. The Bertz CT molecular complexity index is 231. The zero-order chi connectivity index (χ0) is 12.1. The van der Waals surface area contributed by atoms with E-state index in [1.807, 2.05) is 6.92 Å². The first-order chi connectivity index (χ1) is 7.54. The van der Waals surface area contributed by atoms with E-state index in [1.165, 1.54) is 0 Å². The van der Waals surface area contributed by atoms with Crippen molar-refractivity contribution in [2.45, 2.75) is 48.9 Å². The fraction of sp³-hybridized carbons (Fsp3) is 0.900. The summed E-state index contributed by atoms with van der Waals surface area (Å²) in [4.78, 5) is 11.2. The summed E-state index contributed by atoms with van der Waals surface area (Å²) in [5.41, 5.74) is 0. The van der Waals surface area contributed by atoms with Gasteiger partial charge in [-0.3, -0.25) is 4.79 Å². The maximum Gasteiger partial charge on any atom is 0.319 e. The van der Waals surface area contributed by atoms with E-state index in [0.29, 0.717) is 13.0 Å². The Balaban J connectivity index is 2.16. The van der Waals surface area contributed by atoms with Gasteiger partial charge in [-0.25, -0.2) is 0 Å². The number of carbonyl (C=O) groups is 1. The highest BCUT2D eigenvalue weighted by Gasteiger charge is 2.33. The van der Waals surface area contributed by atoms with Gasteiger partial charge in [-0.15, -0.1) is 0 Å². The Morgan fingerprint density at radius 2 is 2.00 bits per heavy atom. The maximum absolute atomic E-state index is 11.3. The van der Waals surface area contributed by atoms with Gasteiger partial charge in [0, 0.05) is 0 Å². The lowest BCUT2D eigenvalue weighted by atomic mass is 10.2. The molecule has 0 N–H and O–H groups in total. The Morgan fingerprint density at radius 1 is 1.38 bits per heavy atom. The highest BCUT2D eigenvalue weighted by atomic mass is 79.9. The number of carbonyl (C=O) groups excluding carboxylic acids is 1. The predicted molar refractivity (Wildman–Crippen MR) is 66.7 cm³/mol. The molecule has 2 atom stereocenters. The summed E-state index contributed by atoms with van der Waals surface area (Å²) in [5, 5.41) is 0. The molecule has 0 aromatic rings. The molecule has 1 heterocycles. The van der Waals surface area contributed by atoms with Crippen molar-refractivity contribution in [2.75, 3.05) is 6.61 Å². The average molecular weight is 360 g/mol. The van der Waals surface area contributed by atoms with E-state index < -0.39 is 0 Å². The topological polar surface area (TPSA) is 44.8 Å². The quantitative estimate of drug-likeness (QED) is 0.540. The van der Waals surface area contributed by atoms with Gasteiger partial charge in [0.05, 0.1) is 11.4 Å². The summed E-state index contributed by atoms with van der Waals surface area (Å²) in [7, 11) is 0. The first-order valence-electron chi connectivity index (χ1n) is 5.30. The van der Waals surface area contributed by atoms with E-state index in [0.717, 1.165) is 6.42 Å². The molecule has 0 unspecified atom stereocenters. The largest absolute Gasteiger partial charge is 0.465 e. The summed E-state index contributed by atoms with van der Waals surface area (Å²) in [6.07, 6.45) is 1.16. The molecule has 0 aliphatic carbocycles. The normalized spacial score (nSPS) is 28.0. The molecule has 0 radical (unpaired) electrons. The number of hydrogen-bond donors (Lipinski definition) is 0. The van der Waals surface area contributed by atoms with Gasteiger partial charge in [-0.05, 0) is 26.7 Å². The minimum absolute atomic E-state index is 0.109. The van der Waals surface area contributed by atoms with Gasteiger partial charge in [-0.1, -0.05) is 31.9 Å². The molecular formula is C10H16Br2O4. The number of alkyl halides is 2. The molecule has 1 rings (SSSR count). The smallest absolute Gasteiger partial charge is 0.319 e. The third kappa shape index (κ3) is 4.31. The van der Waals surface area contributed by atoms with Crippen molar-refractivity contribution >= 4 is 37.8 Å². The van der Waals surface area contributed by atoms with Gasteiger partial charge >= 0.3 is 5.97 Å². The van der Waals surface area contributed by atoms with Crippen LogP contribution in [0.15, 0.2) is 0 Å². The standard InChI is InChI=1S/C10H16Br2O4/c1-3-14-9(13)7(11)4-5-8(12)10-15-6(2)16-10/h6-8,10H,3-5H2,1-2H3/t6?,7-,8+,10?/m1/s1. The number of ether oxygens (including phenoxy) is 3. The second-order valence-electron chi connectivity index (χ2n) is 3.52. The van der Waals surface area contributed by atoms with Crippen LogP contribution in [0.3, 0.4) is 0 Å². The van der Waals surface area contributed by atoms with E-state index in [4.69, 9.17) is 14.2 Å². The fourth-order valence-electron chi connectivity index (χ4n) is 1.35. The summed E-state index contributed by atoms with van der Waals surface area (Å²) in [6.45, 7) is 4.05. The van der Waals surface area contributed by atoms with E-state index in [1.54, 1.807) is 6.92 Å². The van der Waals surface area contributed by atoms with E-state index in [2.05, 4.69) is 31.9 Å². The zero-order valence-corrected chi connectivity index (χ0v) is 12.5. The average Bonchev–Trinajstić information content (AvgIpc) is 2.21. The minimum Gasteiger partial charge on any atom is -0.465 e. The SMILES string of the molecule is CCOC(=O)[C@H](Br)CC[C@H](Br)C1OC(C)O1. The number of rotatable bonds is 6. The molecule has 4 nitrogen and oxygen atoms in total. The van der Waals surface area contributed by atoms with Crippen molar-refractivity contribution in [3.05, 3.63) is 0 Å². The van der Waals surface area contributed by atoms with Gasteiger partial charge < -0.3 is 14.2 Å². The Labute approximate surface area is 112 Å². The Hall–Kier alpha value is 0.350. The molecule has 0 spiro atoms. The minimum atomic E-state index is -0.259. The molecule has 1 aliphatic heterocycles. The van der Waals surface area contributed by atoms with Crippen LogP contribution in [0.5, 0.6) is 0 Å². The predicted octanol–water partition coefficient (Wildman–Crippen LogP) is 2.58. The van der Waals surface area contributed by atoms with Crippen molar-refractivity contribution < 1.29 is 19.0 Å². The molecule has 0 amide bonds. The lowest BCUT2D eigenvalue weighted by Gasteiger charge is -2.36. The van der Waals surface area contributed by atoms with Gasteiger partial charge in [0.15, 0.2) is 12.6 Å². The molecule has 1 fully saturated rings. The molecule has 0 saturated carbocycles. The van der Waals surface area contributed by atoms with E-state index >= 15 is 0 Å². The zero-order valence-electron chi connectivity index (χ0n) is 9.32. The van der Waals surface area contributed by atoms with Crippen LogP contribution in [-0.4, -0.2) is 34.8 Å². The lowest BCUT2D eigenvalue weighted by Crippen LogP contribution is -2.44. The van der Waals surface area contributed by atoms with Crippen LogP contribution in [0, 0.1) is 0 Å². The molecule has 0 aromatic carbocycles. The molecule has 16 heavy (non-hydrogen) atoms. The molecule has 1 aliphatic rings. The summed E-state index contributed by atoms with van der Waals surface area (Å²) in [6, 6.07) is 0. The van der Waals surface area contributed by atoms with Gasteiger partial charge in [-0.2, -0.15) is 0 Å². The first-order valence-corrected chi connectivity index (χ1v) is 7.13. The van der Waals surface area contributed by atoms with Crippen LogP contribution in [-0.2, 0) is 19.0 Å². The third-order valence-electron chi connectivity index (χ3n) is 2.19. The second-order valence-corrected chi connectivity index (χ2v) is 5.80. The lowest BCUT2D eigenvalue weighted by molar-refractivity contribution is -0.374. The highest BCUT2D eigenvalue weighted by molar-refractivity contribution is 9.10. The van der Waals surface area contributed by atoms with Gasteiger partial charge in [0.1, 0.15) is 4.83 Å². The number of hydrogen-bond acceptors (Lipinski definition) is 4. The maximum atomic E-state index is 11.3. The van der Waals surface area contributed by atoms with Crippen LogP contribution in [0.4, 0.5) is 0 Å². The Kier molecular flexibility index (Phi) is 6.25. The Morgan fingerprint density at radius 3 is 2.50 bits per heavy atom. The summed E-state index contributed by atoms with van der Waals surface area (Å²) < 4.78 is 15.6. The molecule has 1 saturated heterocycles. The molecule has 6 heteroatoms. The third-order valence-corrected chi connectivity index (χ3v) is 3.91. The summed E-state index contributed by atoms with van der Waals surface area (Å²) in [5.74, 6) is -0.217. The van der Waals surface area contributed by atoms with Crippen LogP contribution in [0.2, 0.25) is 0 Å². The number of esters is 1. The van der Waals surface area contributed by atoms with Crippen LogP contribution in [0.25, 0.3) is 0 Å². The van der Waals surface area contributed by atoms with E-state index in [-0.39, 0.29) is 28.2 Å². The van der Waals surface area contributed by atoms with Crippen LogP contribution >= 0.6 is 31.9 Å². The van der Waals surface area contributed by atoms with Gasteiger partial charge in [0.25, 0.3) is 0 Å². The fourth-order valence-corrected chi connectivity index (χ4v) is 2.26. The van der Waals surface area contributed by atoms with Crippen LogP contribution < -0.4 is 0 Å².